The van der Waals surface area contributed by atoms with Crippen LogP contribution in [0.5, 0.6) is 0 Å². The first kappa shape index (κ1) is 40.8. The molecule has 0 unspecified atom stereocenters. The molecule has 0 aliphatic carbocycles. The number of carbonyl (C=O) groups is 7. The van der Waals surface area contributed by atoms with E-state index in [1.54, 1.807) is 17.6 Å². The molecule has 1 aromatic heterocycles. The Balaban J connectivity index is 1.49. The van der Waals surface area contributed by atoms with Crippen molar-refractivity contribution < 1.29 is 33.6 Å². The number of primary amides is 1. The van der Waals surface area contributed by atoms with Gasteiger partial charge >= 0.3 is 0 Å². The van der Waals surface area contributed by atoms with E-state index in [2.05, 4.69) is 26.3 Å². The summed E-state index contributed by atoms with van der Waals surface area (Å²) in [4.78, 5) is 103. The molecule has 3 saturated heterocycles. The highest BCUT2D eigenvalue weighted by molar-refractivity contribution is 8.00. The van der Waals surface area contributed by atoms with Gasteiger partial charge in [-0.15, -0.1) is 11.3 Å². The zero-order chi connectivity index (χ0) is 39.3. The number of rotatable bonds is 3. The molecule has 6 atom stereocenters. The van der Waals surface area contributed by atoms with E-state index < -0.39 is 71.6 Å². The molecule has 0 spiro atoms. The number of aromatic nitrogens is 1. The van der Waals surface area contributed by atoms with Crippen molar-refractivity contribution >= 4 is 64.3 Å². The summed E-state index contributed by atoms with van der Waals surface area (Å²) in [6.45, 7) is 9.94. The third kappa shape index (κ3) is 9.65. The van der Waals surface area contributed by atoms with Crippen LogP contribution in [-0.2, 0) is 33.6 Å². The number of hydrogen-bond acceptors (Lipinski definition) is 11. The second-order valence-electron chi connectivity index (χ2n) is 15.3. The lowest BCUT2D eigenvalue weighted by atomic mass is 9.77. The number of thiazole rings is 1. The summed E-state index contributed by atoms with van der Waals surface area (Å²) >= 11 is 2.59. The van der Waals surface area contributed by atoms with E-state index in [1.165, 1.54) is 21.1 Å². The Morgan fingerprint density at radius 3 is 2.31 bits per heavy atom. The van der Waals surface area contributed by atoms with Crippen LogP contribution >= 0.6 is 23.1 Å². The topological polar surface area (TPSA) is 213 Å². The summed E-state index contributed by atoms with van der Waals surface area (Å²) in [5, 5.41) is 11.3. The van der Waals surface area contributed by atoms with E-state index in [-0.39, 0.29) is 48.6 Å². The van der Waals surface area contributed by atoms with E-state index in [9.17, 15) is 33.6 Å². The van der Waals surface area contributed by atoms with Gasteiger partial charge in [0.05, 0.1) is 28.4 Å². The molecule has 3 fully saturated rings. The highest BCUT2D eigenvalue weighted by atomic mass is 32.2. The lowest BCUT2D eigenvalue weighted by Crippen LogP contribution is -2.63. The highest BCUT2D eigenvalue weighted by Gasteiger charge is 2.45. The van der Waals surface area contributed by atoms with Crippen molar-refractivity contribution in [1.82, 2.24) is 36.1 Å². The van der Waals surface area contributed by atoms with Crippen molar-refractivity contribution in [3.63, 3.8) is 0 Å². The fraction of sp³-hybridized carbons (Fsp3) is 0.568. The third-order valence-corrected chi connectivity index (χ3v) is 12.2. The number of amides is 6. The van der Waals surface area contributed by atoms with Crippen LogP contribution in [0.1, 0.15) is 57.8 Å². The van der Waals surface area contributed by atoms with Crippen molar-refractivity contribution in [2.45, 2.75) is 71.6 Å². The van der Waals surface area contributed by atoms with Crippen LogP contribution < -0.4 is 27.0 Å². The first-order chi connectivity index (χ1) is 25.5. The van der Waals surface area contributed by atoms with Crippen LogP contribution in [0, 0.1) is 24.2 Å². The number of thioether (sulfide) groups is 1. The number of Topliss-reactive ketones (excluding diaryl/α,β-unsaturated/α-hetero) is 1. The quantitative estimate of drug-likeness (QED) is 0.295. The molecule has 4 heterocycles. The minimum atomic E-state index is -1.24. The molecule has 292 valence electrons. The van der Waals surface area contributed by atoms with Gasteiger partial charge in [0.25, 0.3) is 0 Å². The molecule has 0 radical (unpaired) electrons. The average molecular weight is 783 g/mol. The summed E-state index contributed by atoms with van der Waals surface area (Å²) in [5.41, 5.74) is 8.93. The van der Waals surface area contributed by atoms with Gasteiger partial charge in [0.1, 0.15) is 30.0 Å². The Labute approximate surface area is 323 Å². The van der Waals surface area contributed by atoms with Gasteiger partial charge in [-0.2, -0.15) is 11.8 Å². The van der Waals surface area contributed by atoms with Crippen molar-refractivity contribution in [3.8, 4) is 10.4 Å². The number of benzene rings is 1. The Morgan fingerprint density at radius 1 is 0.963 bits per heavy atom. The molecule has 3 aliphatic rings. The highest BCUT2D eigenvalue weighted by Crippen LogP contribution is 2.35. The molecule has 6 N–H and O–H groups in total. The fourth-order valence-electron chi connectivity index (χ4n) is 7.09. The van der Waals surface area contributed by atoms with Crippen LogP contribution in [0.2, 0.25) is 0 Å². The standard InChI is InChI=1S/C37H50N8O7S2/c1-20-12-27-33(49)43-30(22-6-8-23(9-7-22)31-21(2)41-19-54-31)35(51)40-15-29(47)44-11-10-39-14-28(44)34(50)42-26(32(38)48)18-53-17-24(46)13-25(37(3,4)5)36(52)45(27)16-20/h6-9,19-20,25-28,30,39H,10-18H2,1-5H3,(H2,38,48)(H,40,51)(H,42,50)(H,43,49)/t20-,25-,26-,27+,28-,30-/m1/s1. The van der Waals surface area contributed by atoms with Gasteiger partial charge in [-0.3, -0.25) is 33.6 Å². The van der Waals surface area contributed by atoms with E-state index in [1.807, 2.05) is 46.8 Å². The lowest BCUT2D eigenvalue weighted by molar-refractivity contribution is -0.146. The normalized spacial score (nSPS) is 27.3. The number of piperazine rings is 1. The van der Waals surface area contributed by atoms with Gasteiger partial charge < -0.3 is 36.8 Å². The fourth-order valence-corrected chi connectivity index (χ4v) is 8.85. The minimum absolute atomic E-state index is 0.00315. The van der Waals surface area contributed by atoms with Crippen molar-refractivity contribution in [2.75, 3.05) is 44.2 Å². The van der Waals surface area contributed by atoms with Gasteiger partial charge in [0.15, 0.2) is 0 Å². The molecule has 0 saturated carbocycles. The first-order valence-electron chi connectivity index (χ1n) is 18.1. The van der Waals surface area contributed by atoms with Gasteiger partial charge in [0, 0.05) is 44.3 Å². The molecular formula is C37H50N8O7S2. The van der Waals surface area contributed by atoms with Crippen molar-refractivity contribution in [1.29, 1.82) is 0 Å². The number of fused-ring (bicyclic) bond motifs is 2. The summed E-state index contributed by atoms with van der Waals surface area (Å²) in [5.74, 6) is -4.52. The van der Waals surface area contributed by atoms with Crippen LogP contribution in [0.3, 0.4) is 0 Å². The maximum Gasteiger partial charge on any atom is 0.247 e. The molecule has 6 amide bonds. The minimum Gasteiger partial charge on any atom is -0.368 e. The summed E-state index contributed by atoms with van der Waals surface area (Å²) in [6, 6.07) is 2.86. The largest absolute Gasteiger partial charge is 0.368 e. The van der Waals surface area contributed by atoms with E-state index in [0.717, 1.165) is 27.9 Å². The number of carbonyl (C=O) groups excluding carboxylic acids is 7. The molecular weight excluding hydrogens is 733 g/mol. The average Bonchev–Trinajstić information content (AvgIpc) is 3.75. The third-order valence-electron chi connectivity index (χ3n) is 10.2. The molecule has 54 heavy (non-hydrogen) atoms. The predicted octanol–water partition coefficient (Wildman–Crippen LogP) is 0.768. The zero-order valence-corrected chi connectivity index (χ0v) is 32.9. The van der Waals surface area contributed by atoms with Crippen molar-refractivity contribution in [2.24, 2.45) is 23.0 Å². The van der Waals surface area contributed by atoms with Gasteiger partial charge in [-0.25, -0.2) is 4.98 Å². The number of aryl methyl sites for hydroxylation is 1. The molecule has 0 bridgehead atoms. The molecule has 5 rings (SSSR count). The molecule has 2 aromatic rings. The Bertz CT molecular complexity index is 1760. The van der Waals surface area contributed by atoms with Crippen LogP contribution in [-0.4, -0.2) is 118 Å². The maximum absolute atomic E-state index is 14.3. The van der Waals surface area contributed by atoms with E-state index >= 15 is 0 Å². The molecule has 1 aromatic carbocycles. The number of nitrogens with zero attached hydrogens (tertiary/aromatic N) is 3. The zero-order valence-electron chi connectivity index (χ0n) is 31.3. The maximum atomic E-state index is 14.3. The van der Waals surface area contributed by atoms with Gasteiger partial charge in [0.2, 0.25) is 35.4 Å². The summed E-state index contributed by atoms with van der Waals surface area (Å²) < 4.78 is 0. The van der Waals surface area contributed by atoms with Crippen LogP contribution in [0.15, 0.2) is 29.8 Å². The number of ketones is 1. The number of nitrogens with one attached hydrogen (secondary N) is 4. The molecule has 3 aliphatic heterocycles. The van der Waals surface area contributed by atoms with Gasteiger partial charge in [-0.05, 0) is 35.8 Å². The number of hydrogen-bond donors (Lipinski definition) is 5. The van der Waals surface area contributed by atoms with Crippen molar-refractivity contribution in [3.05, 3.63) is 41.0 Å². The smallest absolute Gasteiger partial charge is 0.247 e. The molecule has 15 nitrogen and oxygen atoms in total. The first-order valence-corrected chi connectivity index (χ1v) is 20.2. The number of nitrogens with two attached hydrogens (primary N) is 1. The van der Waals surface area contributed by atoms with E-state index in [4.69, 9.17) is 5.73 Å². The Morgan fingerprint density at radius 2 is 1.67 bits per heavy atom. The summed E-state index contributed by atoms with van der Waals surface area (Å²) in [6.07, 6.45) is 0.262. The second-order valence-corrected chi connectivity index (χ2v) is 17.2. The van der Waals surface area contributed by atoms with Gasteiger partial charge in [-0.1, -0.05) is 52.0 Å². The summed E-state index contributed by atoms with van der Waals surface area (Å²) in [7, 11) is 0. The second kappa shape index (κ2) is 17.4. The van der Waals surface area contributed by atoms with Crippen LogP contribution in [0.4, 0.5) is 0 Å². The van der Waals surface area contributed by atoms with E-state index in [0.29, 0.717) is 25.1 Å². The Hall–Kier alpha value is -4.35. The Kier molecular flexibility index (Phi) is 13.2. The monoisotopic (exact) mass is 782 g/mol. The molecule has 17 heteroatoms. The predicted molar refractivity (Wildman–Crippen MR) is 205 cm³/mol. The van der Waals surface area contributed by atoms with Crippen LogP contribution in [0.25, 0.3) is 10.4 Å². The SMILES string of the molecule is Cc1ncsc1-c1ccc([C@H]2NC(=O)[C@@H]3C[C@@H](C)CN3C(=O)[C@H](C(C)(C)C)CC(=O)CSC[C@H](C(N)=O)NC(=O)[C@H]3CNCCN3C(=O)CNC2=O)cc1. The lowest BCUT2D eigenvalue weighted by Gasteiger charge is -2.36.